The summed E-state index contributed by atoms with van der Waals surface area (Å²) in [5.74, 6) is -0.225. The number of methoxy groups -OCH3 is 1. The number of ether oxygens (including phenoxy) is 1. The van der Waals surface area contributed by atoms with E-state index in [0.29, 0.717) is 19.4 Å². The molecule has 1 rings (SSSR count). The van der Waals surface area contributed by atoms with E-state index in [0.717, 1.165) is 6.42 Å². The van der Waals surface area contributed by atoms with Gasteiger partial charge in [0.1, 0.15) is 5.60 Å². The average molecular weight is 286 g/mol. The lowest BCUT2D eigenvalue weighted by atomic mass is 9.87. The highest BCUT2D eigenvalue weighted by molar-refractivity contribution is 5.84. The molecule has 116 valence electrons. The van der Waals surface area contributed by atoms with Crippen LogP contribution in [0.25, 0.3) is 0 Å². The molecule has 0 bridgehead atoms. The van der Waals surface area contributed by atoms with Gasteiger partial charge in [-0.25, -0.2) is 0 Å². The monoisotopic (exact) mass is 286 g/mol. The summed E-state index contributed by atoms with van der Waals surface area (Å²) in [5.41, 5.74) is -1.87. The number of β-amino-alcohol motifs (C(OH)–C–C–N with tert-alkyl or cyclic N) is 1. The number of nitrogens with one attached hydrogen (secondary N) is 1. The first-order valence-corrected chi connectivity index (χ1v) is 7.01. The van der Waals surface area contributed by atoms with Crippen LogP contribution in [-0.4, -0.2) is 60.3 Å². The van der Waals surface area contributed by atoms with Gasteiger partial charge in [-0.3, -0.25) is 9.59 Å². The van der Waals surface area contributed by atoms with Crippen LogP contribution in [0.1, 0.15) is 39.5 Å². The Balaban J connectivity index is 2.66. The van der Waals surface area contributed by atoms with Crippen molar-refractivity contribution in [3.8, 4) is 0 Å². The number of hydrogen-bond acceptors (Lipinski definition) is 4. The van der Waals surface area contributed by atoms with Crippen molar-refractivity contribution in [1.82, 2.24) is 10.2 Å². The number of carbonyl (C=O) groups excluding carboxylic acids is 2. The zero-order valence-electron chi connectivity index (χ0n) is 12.9. The molecule has 0 aromatic heterocycles. The van der Waals surface area contributed by atoms with Crippen molar-refractivity contribution in [3.63, 3.8) is 0 Å². The summed E-state index contributed by atoms with van der Waals surface area (Å²) in [7, 11) is 3.07. The number of carbonyl (C=O) groups is 2. The van der Waals surface area contributed by atoms with Gasteiger partial charge in [0.2, 0.25) is 5.91 Å². The minimum atomic E-state index is -0.982. The van der Waals surface area contributed by atoms with Crippen LogP contribution < -0.4 is 5.32 Å². The lowest BCUT2D eigenvalue weighted by molar-refractivity contribution is -0.158. The molecule has 1 heterocycles. The third kappa shape index (κ3) is 4.18. The van der Waals surface area contributed by atoms with Gasteiger partial charge >= 0.3 is 0 Å². The third-order valence-electron chi connectivity index (χ3n) is 3.96. The largest absolute Gasteiger partial charge is 0.388 e. The molecular formula is C14H26N2O4. The maximum absolute atomic E-state index is 12.3. The van der Waals surface area contributed by atoms with E-state index in [1.54, 1.807) is 25.8 Å². The smallest absolute Gasteiger partial charge is 0.254 e. The number of likely N-dealkylation sites (tertiary alicyclic amines) is 1. The Labute approximate surface area is 120 Å². The molecule has 1 aliphatic heterocycles. The van der Waals surface area contributed by atoms with Crippen LogP contribution in [-0.2, 0) is 14.3 Å². The fourth-order valence-corrected chi connectivity index (χ4v) is 2.43. The molecule has 0 spiro atoms. The predicted molar refractivity (Wildman–Crippen MR) is 75.2 cm³/mol. The molecule has 20 heavy (non-hydrogen) atoms. The highest BCUT2D eigenvalue weighted by Crippen LogP contribution is 2.27. The molecule has 6 heteroatoms. The topological polar surface area (TPSA) is 78.9 Å². The lowest BCUT2D eigenvalue weighted by Crippen LogP contribution is -2.55. The Hall–Kier alpha value is -1.14. The Bertz CT molecular complexity index is 370. The van der Waals surface area contributed by atoms with Crippen molar-refractivity contribution < 1.29 is 19.4 Å². The molecule has 1 fully saturated rings. The van der Waals surface area contributed by atoms with E-state index in [1.807, 2.05) is 0 Å². The van der Waals surface area contributed by atoms with E-state index >= 15 is 0 Å². The summed E-state index contributed by atoms with van der Waals surface area (Å²) in [6.45, 7) is 4.31. The third-order valence-corrected chi connectivity index (χ3v) is 3.96. The molecule has 0 saturated carbocycles. The summed E-state index contributed by atoms with van der Waals surface area (Å²) < 4.78 is 5.20. The van der Waals surface area contributed by atoms with E-state index in [9.17, 15) is 14.7 Å². The standard InChI is InChI=1S/C14H26N2O4/c1-13(2,20-4)12(18)16-9-5-7-14(19,10-16)8-6-11(17)15-3/h19H,5-10H2,1-4H3,(H,15,17)/t14-/m0/s1. The van der Waals surface area contributed by atoms with Gasteiger partial charge in [0.25, 0.3) is 5.91 Å². The normalized spacial score (nSPS) is 23.6. The zero-order chi connectivity index (χ0) is 15.4. The number of rotatable bonds is 5. The van der Waals surface area contributed by atoms with Crippen molar-refractivity contribution >= 4 is 11.8 Å². The fraction of sp³-hybridized carbons (Fsp3) is 0.857. The zero-order valence-corrected chi connectivity index (χ0v) is 12.9. The molecule has 2 amide bonds. The van der Waals surface area contributed by atoms with E-state index in [4.69, 9.17) is 4.74 Å². The van der Waals surface area contributed by atoms with Crippen LogP contribution in [0.2, 0.25) is 0 Å². The minimum Gasteiger partial charge on any atom is -0.388 e. The van der Waals surface area contributed by atoms with Gasteiger partial charge in [-0.1, -0.05) is 0 Å². The van der Waals surface area contributed by atoms with Crippen LogP contribution in [0.4, 0.5) is 0 Å². The summed E-state index contributed by atoms with van der Waals surface area (Å²) >= 11 is 0. The van der Waals surface area contributed by atoms with Gasteiger partial charge in [-0.15, -0.1) is 0 Å². The molecule has 0 radical (unpaired) electrons. The second kappa shape index (κ2) is 6.54. The fourth-order valence-electron chi connectivity index (χ4n) is 2.43. The Kier molecular flexibility index (Phi) is 5.53. The molecule has 1 aliphatic rings. The summed E-state index contributed by atoms with van der Waals surface area (Å²) in [6.07, 6.45) is 1.98. The van der Waals surface area contributed by atoms with E-state index in [1.165, 1.54) is 7.11 Å². The summed E-state index contributed by atoms with van der Waals surface area (Å²) in [4.78, 5) is 25.3. The van der Waals surface area contributed by atoms with Crippen LogP contribution in [0, 0.1) is 0 Å². The van der Waals surface area contributed by atoms with Crippen LogP contribution in [0.5, 0.6) is 0 Å². The number of hydrogen-bond donors (Lipinski definition) is 2. The first kappa shape index (κ1) is 16.9. The van der Waals surface area contributed by atoms with Gasteiger partial charge in [0.15, 0.2) is 0 Å². The van der Waals surface area contributed by atoms with Crippen molar-refractivity contribution in [3.05, 3.63) is 0 Å². The predicted octanol–water partition coefficient (Wildman–Crippen LogP) is 0.291. The van der Waals surface area contributed by atoms with Gasteiger partial charge in [-0.2, -0.15) is 0 Å². The average Bonchev–Trinajstić information content (AvgIpc) is 2.44. The van der Waals surface area contributed by atoms with Crippen molar-refractivity contribution in [2.75, 3.05) is 27.2 Å². The molecule has 0 aliphatic carbocycles. The molecule has 0 aromatic rings. The van der Waals surface area contributed by atoms with E-state index in [2.05, 4.69) is 5.32 Å². The molecule has 2 N–H and O–H groups in total. The molecule has 1 saturated heterocycles. The SMILES string of the molecule is CNC(=O)CC[C@@]1(O)CCCN(C(=O)C(C)(C)OC)C1. The van der Waals surface area contributed by atoms with Crippen LogP contribution in [0.3, 0.4) is 0 Å². The lowest BCUT2D eigenvalue weighted by Gasteiger charge is -2.41. The molecule has 0 unspecified atom stereocenters. The van der Waals surface area contributed by atoms with Crippen LogP contribution >= 0.6 is 0 Å². The van der Waals surface area contributed by atoms with E-state index in [-0.39, 0.29) is 24.8 Å². The summed E-state index contributed by atoms with van der Waals surface area (Å²) in [6, 6.07) is 0. The molecule has 1 atom stereocenters. The van der Waals surface area contributed by atoms with Crippen molar-refractivity contribution in [2.24, 2.45) is 0 Å². The first-order valence-electron chi connectivity index (χ1n) is 7.01. The highest BCUT2D eigenvalue weighted by Gasteiger charge is 2.39. The molecule has 0 aromatic carbocycles. The van der Waals surface area contributed by atoms with E-state index < -0.39 is 11.2 Å². The first-order chi connectivity index (χ1) is 9.24. The van der Waals surface area contributed by atoms with Gasteiger partial charge in [-0.05, 0) is 33.1 Å². The maximum atomic E-state index is 12.3. The maximum Gasteiger partial charge on any atom is 0.254 e. The Morgan fingerprint density at radius 3 is 2.65 bits per heavy atom. The Morgan fingerprint density at radius 2 is 2.10 bits per heavy atom. The molecular weight excluding hydrogens is 260 g/mol. The van der Waals surface area contributed by atoms with Crippen molar-refractivity contribution in [1.29, 1.82) is 0 Å². The number of nitrogens with zero attached hydrogens (tertiary/aromatic N) is 1. The second-order valence-electron chi connectivity index (χ2n) is 5.94. The number of piperidine rings is 1. The second-order valence-corrected chi connectivity index (χ2v) is 5.94. The quantitative estimate of drug-likeness (QED) is 0.761. The highest BCUT2D eigenvalue weighted by atomic mass is 16.5. The van der Waals surface area contributed by atoms with Gasteiger partial charge < -0.3 is 20.1 Å². The number of amides is 2. The van der Waals surface area contributed by atoms with Crippen LogP contribution in [0.15, 0.2) is 0 Å². The molecule has 6 nitrogen and oxygen atoms in total. The Morgan fingerprint density at radius 1 is 1.45 bits per heavy atom. The van der Waals surface area contributed by atoms with Crippen molar-refractivity contribution in [2.45, 2.75) is 50.7 Å². The summed E-state index contributed by atoms with van der Waals surface area (Å²) in [5, 5.41) is 13.1. The van der Waals surface area contributed by atoms with Gasteiger partial charge in [0.05, 0.1) is 5.60 Å². The number of aliphatic hydroxyl groups is 1. The van der Waals surface area contributed by atoms with Gasteiger partial charge in [0, 0.05) is 33.7 Å². The minimum absolute atomic E-state index is 0.0981.